The number of hydrogen-bond donors (Lipinski definition) is 1. The van der Waals surface area contributed by atoms with Gasteiger partial charge in [0.15, 0.2) is 0 Å². The second-order valence-corrected chi connectivity index (χ2v) is 7.46. The fraction of sp³-hybridized carbons (Fsp3) is 0.462. The number of nitrogens with zero attached hydrogens (tertiary/aromatic N) is 3. The summed E-state index contributed by atoms with van der Waals surface area (Å²) in [5.41, 5.74) is 0.791. The van der Waals surface area contributed by atoms with Crippen molar-refractivity contribution in [2.45, 2.75) is 24.8 Å². The van der Waals surface area contributed by atoms with E-state index in [2.05, 4.69) is 13.5 Å². The van der Waals surface area contributed by atoms with Crippen molar-refractivity contribution in [3.63, 3.8) is 0 Å². The summed E-state index contributed by atoms with van der Waals surface area (Å²) in [6, 6.07) is 3.76. The SMILES string of the molecule is CON(C)C(=O)[C@@H](NS(=O)(=O)c1cccc2nsnc12)C(C)C. The summed E-state index contributed by atoms with van der Waals surface area (Å²) >= 11 is 0.936. The van der Waals surface area contributed by atoms with Crippen LogP contribution in [-0.2, 0) is 19.7 Å². The lowest BCUT2D eigenvalue weighted by Gasteiger charge is -2.25. The Morgan fingerprint density at radius 2 is 2.04 bits per heavy atom. The van der Waals surface area contributed by atoms with Gasteiger partial charge in [0.05, 0.1) is 18.8 Å². The van der Waals surface area contributed by atoms with Crippen LogP contribution in [0.25, 0.3) is 11.0 Å². The topological polar surface area (TPSA) is 101 Å². The molecule has 2 rings (SSSR count). The monoisotopic (exact) mass is 358 g/mol. The number of benzene rings is 1. The molecule has 0 radical (unpaired) electrons. The van der Waals surface area contributed by atoms with Gasteiger partial charge >= 0.3 is 0 Å². The molecule has 0 saturated heterocycles. The van der Waals surface area contributed by atoms with Gasteiger partial charge in [0, 0.05) is 7.05 Å². The molecule has 1 N–H and O–H groups in total. The highest BCUT2D eigenvalue weighted by Gasteiger charge is 2.31. The van der Waals surface area contributed by atoms with Crippen LogP contribution >= 0.6 is 11.7 Å². The van der Waals surface area contributed by atoms with Gasteiger partial charge in [0.2, 0.25) is 10.0 Å². The van der Waals surface area contributed by atoms with Crippen molar-refractivity contribution < 1.29 is 18.0 Å². The van der Waals surface area contributed by atoms with E-state index in [9.17, 15) is 13.2 Å². The zero-order valence-electron chi connectivity index (χ0n) is 13.2. The van der Waals surface area contributed by atoms with Gasteiger partial charge < -0.3 is 0 Å². The minimum atomic E-state index is -3.94. The normalized spacial score (nSPS) is 13.4. The number of hydrogen-bond acceptors (Lipinski definition) is 7. The van der Waals surface area contributed by atoms with Crippen molar-refractivity contribution in [2.24, 2.45) is 5.92 Å². The Morgan fingerprint density at radius 3 is 2.65 bits per heavy atom. The molecule has 0 spiro atoms. The summed E-state index contributed by atoms with van der Waals surface area (Å²) < 4.78 is 35.9. The number of sulfonamides is 1. The fourth-order valence-corrected chi connectivity index (χ4v) is 4.09. The van der Waals surface area contributed by atoms with Crippen molar-refractivity contribution in [2.75, 3.05) is 14.2 Å². The van der Waals surface area contributed by atoms with Crippen LogP contribution in [0.5, 0.6) is 0 Å². The molecule has 0 aliphatic heterocycles. The zero-order chi connectivity index (χ0) is 17.2. The Bertz CT molecular complexity index is 803. The molecule has 1 atom stereocenters. The first kappa shape index (κ1) is 17.7. The van der Waals surface area contributed by atoms with Gasteiger partial charge in [0.25, 0.3) is 5.91 Å². The molecule has 23 heavy (non-hydrogen) atoms. The zero-order valence-corrected chi connectivity index (χ0v) is 14.8. The summed E-state index contributed by atoms with van der Waals surface area (Å²) in [5, 5.41) is 0.998. The second kappa shape index (κ2) is 6.87. The number of carbonyl (C=O) groups is 1. The van der Waals surface area contributed by atoms with E-state index in [4.69, 9.17) is 4.84 Å². The van der Waals surface area contributed by atoms with Gasteiger partial charge in [-0.15, -0.1) is 0 Å². The van der Waals surface area contributed by atoms with Gasteiger partial charge in [-0.3, -0.25) is 9.63 Å². The Kier molecular flexibility index (Phi) is 5.30. The van der Waals surface area contributed by atoms with Crippen molar-refractivity contribution in [1.82, 2.24) is 18.5 Å². The molecule has 0 fully saturated rings. The standard InChI is InChI=1S/C13H18N4O4S2/c1-8(2)11(13(18)17(3)21-4)16-23(19,20)10-7-5-6-9-12(10)15-22-14-9/h5-8,11,16H,1-4H3/t11-/m0/s1. The molecule has 10 heteroatoms. The highest BCUT2D eigenvalue weighted by Crippen LogP contribution is 2.22. The van der Waals surface area contributed by atoms with E-state index in [0.717, 1.165) is 16.8 Å². The molecule has 0 saturated carbocycles. The van der Waals surface area contributed by atoms with E-state index >= 15 is 0 Å². The van der Waals surface area contributed by atoms with Gasteiger partial charge in [-0.05, 0) is 18.1 Å². The van der Waals surface area contributed by atoms with E-state index in [1.807, 2.05) is 0 Å². The largest absolute Gasteiger partial charge is 0.275 e. The average molecular weight is 358 g/mol. The van der Waals surface area contributed by atoms with E-state index in [1.54, 1.807) is 26.0 Å². The first-order valence-corrected chi connectivity index (χ1v) is 9.04. The predicted molar refractivity (Wildman–Crippen MR) is 86.1 cm³/mol. The van der Waals surface area contributed by atoms with E-state index in [0.29, 0.717) is 11.0 Å². The van der Waals surface area contributed by atoms with Crippen molar-refractivity contribution in [3.05, 3.63) is 18.2 Å². The van der Waals surface area contributed by atoms with Crippen LogP contribution in [0.3, 0.4) is 0 Å². The molecule has 8 nitrogen and oxygen atoms in total. The maximum absolute atomic E-state index is 12.7. The number of hydroxylamine groups is 2. The van der Waals surface area contributed by atoms with E-state index < -0.39 is 22.0 Å². The molecular formula is C13H18N4O4S2. The molecule has 0 unspecified atom stereocenters. The van der Waals surface area contributed by atoms with Crippen LogP contribution < -0.4 is 4.72 Å². The molecule has 1 amide bonds. The Balaban J connectivity index is 2.39. The van der Waals surface area contributed by atoms with Crippen LogP contribution in [0.4, 0.5) is 0 Å². The lowest BCUT2D eigenvalue weighted by Crippen LogP contribution is -2.49. The van der Waals surface area contributed by atoms with E-state index in [-0.39, 0.29) is 10.8 Å². The first-order chi connectivity index (χ1) is 10.8. The number of aromatic nitrogens is 2. The molecule has 1 aromatic heterocycles. The summed E-state index contributed by atoms with van der Waals surface area (Å²) in [6.07, 6.45) is 0. The number of fused-ring (bicyclic) bond motifs is 1. The number of likely N-dealkylation sites (N-methyl/N-ethyl adjacent to an activating group) is 1. The molecule has 126 valence electrons. The highest BCUT2D eigenvalue weighted by molar-refractivity contribution is 7.89. The third-order valence-electron chi connectivity index (χ3n) is 3.34. The Labute approximate surface area is 138 Å². The molecule has 1 heterocycles. The smallest absolute Gasteiger partial charge is 0.264 e. The summed E-state index contributed by atoms with van der Waals surface area (Å²) in [4.78, 5) is 17.1. The Morgan fingerprint density at radius 1 is 1.35 bits per heavy atom. The number of nitrogens with one attached hydrogen (secondary N) is 1. The predicted octanol–water partition coefficient (Wildman–Crippen LogP) is 1.01. The summed E-state index contributed by atoms with van der Waals surface area (Å²) in [6.45, 7) is 3.50. The van der Waals surface area contributed by atoms with Crippen LogP contribution in [0.1, 0.15) is 13.8 Å². The third-order valence-corrected chi connectivity index (χ3v) is 5.35. The van der Waals surface area contributed by atoms with Gasteiger partial charge in [0.1, 0.15) is 22.0 Å². The number of rotatable bonds is 6. The molecule has 0 aliphatic rings. The quantitative estimate of drug-likeness (QED) is 0.774. The van der Waals surface area contributed by atoms with E-state index in [1.165, 1.54) is 20.2 Å². The number of carbonyl (C=O) groups excluding carboxylic acids is 1. The minimum Gasteiger partial charge on any atom is -0.275 e. The van der Waals surface area contributed by atoms with Gasteiger partial charge in [-0.1, -0.05) is 19.9 Å². The molecule has 1 aromatic carbocycles. The maximum Gasteiger partial charge on any atom is 0.264 e. The average Bonchev–Trinajstić information content (AvgIpc) is 2.99. The third kappa shape index (κ3) is 3.66. The molecule has 0 bridgehead atoms. The molecule has 2 aromatic rings. The van der Waals surface area contributed by atoms with Gasteiger partial charge in [-0.2, -0.15) is 13.5 Å². The lowest BCUT2D eigenvalue weighted by molar-refractivity contribution is -0.171. The van der Waals surface area contributed by atoms with Crippen molar-refractivity contribution in [1.29, 1.82) is 0 Å². The van der Waals surface area contributed by atoms with Crippen LogP contribution in [0, 0.1) is 5.92 Å². The van der Waals surface area contributed by atoms with Gasteiger partial charge in [-0.25, -0.2) is 13.5 Å². The van der Waals surface area contributed by atoms with Crippen molar-refractivity contribution >= 4 is 38.7 Å². The maximum atomic E-state index is 12.7. The second-order valence-electron chi connectivity index (χ2n) is 5.25. The van der Waals surface area contributed by atoms with Crippen LogP contribution in [-0.4, -0.2) is 48.3 Å². The number of amides is 1. The fourth-order valence-electron chi connectivity index (χ4n) is 1.99. The first-order valence-electron chi connectivity index (χ1n) is 6.83. The minimum absolute atomic E-state index is 0.00210. The Hall–Kier alpha value is -1.62. The highest BCUT2D eigenvalue weighted by atomic mass is 32.2. The van der Waals surface area contributed by atoms with Crippen LogP contribution in [0.2, 0.25) is 0 Å². The molecule has 0 aliphatic carbocycles. The molecular weight excluding hydrogens is 340 g/mol. The summed E-state index contributed by atoms with van der Waals surface area (Å²) in [7, 11) is -1.17. The summed E-state index contributed by atoms with van der Waals surface area (Å²) in [5.74, 6) is -0.739. The lowest BCUT2D eigenvalue weighted by atomic mass is 10.1. The van der Waals surface area contributed by atoms with Crippen LogP contribution in [0.15, 0.2) is 23.1 Å². The van der Waals surface area contributed by atoms with Crippen molar-refractivity contribution in [3.8, 4) is 0 Å².